The first-order chi connectivity index (χ1) is 8.22. The second kappa shape index (κ2) is 4.01. The third-order valence-corrected chi connectivity index (χ3v) is 3.52. The van der Waals surface area contributed by atoms with E-state index in [0.717, 1.165) is 11.0 Å². The lowest BCUT2D eigenvalue weighted by molar-refractivity contribution is -0.115. The third kappa shape index (κ3) is 1.99. The number of nitrogens with one attached hydrogen (secondary N) is 1. The molecule has 84 valence electrons. The van der Waals surface area contributed by atoms with E-state index in [4.69, 9.17) is 16.6 Å². The van der Waals surface area contributed by atoms with Crippen molar-refractivity contribution in [3.63, 3.8) is 0 Å². The molecule has 1 aromatic carbocycles. The maximum Gasteiger partial charge on any atom is 0.263 e. The van der Waals surface area contributed by atoms with Crippen LogP contribution in [0.3, 0.4) is 0 Å². The van der Waals surface area contributed by atoms with Crippen LogP contribution in [0.4, 0.5) is 0 Å². The summed E-state index contributed by atoms with van der Waals surface area (Å²) in [6, 6.07) is 9.62. The zero-order valence-corrected chi connectivity index (χ0v) is 10.2. The van der Waals surface area contributed by atoms with Crippen LogP contribution in [0.1, 0.15) is 5.76 Å². The van der Waals surface area contributed by atoms with Crippen molar-refractivity contribution in [2.75, 3.05) is 0 Å². The van der Waals surface area contributed by atoms with Crippen molar-refractivity contribution in [3.8, 4) is 0 Å². The van der Waals surface area contributed by atoms with E-state index in [-0.39, 0.29) is 5.91 Å². The van der Waals surface area contributed by atoms with Gasteiger partial charge in [-0.15, -0.1) is 0 Å². The van der Waals surface area contributed by atoms with Crippen LogP contribution in [0, 0.1) is 0 Å². The van der Waals surface area contributed by atoms with Crippen molar-refractivity contribution in [2.45, 2.75) is 0 Å². The number of thiocarbonyl (C=S) groups is 1. The van der Waals surface area contributed by atoms with Crippen molar-refractivity contribution >= 4 is 51.3 Å². The Bertz CT molecular complexity index is 624. The Kier molecular flexibility index (Phi) is 2.49. The molecule has 1 aliphatic rings. The maximum atomic E-state index is 11.5. The van der Waals surface area contributed by atoms with E-state index < -0.39 is 0 Å². The normalized spacial score (nSPS) is 18.0. The van der Waals surface area contributed by atoms with Gasteiger partial charge < -0.3 is 9.73 Å². The Labute approximate surface area is 107 Å². The molecule has 0 aliphatic carbocycles. The van der Waals surface area contributed by atoms with Gasteiger partial charge in [-0.25, -0.2) is 0 Å². The molecule has 0 radical (unpaired) electrons. The predicted molar refractivity (Wildman–Crippen MR) is 72.5 cm³/mol. The number of fused-ring (bicyclic) bond motifs is 1. The standard InChI is InChI=1S/C12H7NO2S2/c14-11-10(17-12(16)13-11)6-8-5-7-3-1-2-4-9(7)15-8/h1-6H,(H,13,14,16)/b10-6+. The van der Waals surface area contributed by atoms with Crippen LogP contribution in [0.25, 0.3) is 17.0 Å². The molecule has 5 heteroatoms. The second-order valence-corrected chi connectivity index (χ2v) is 5.26. The van der Waals surface area contributed by atoms with Crippen LogP contribution in [-0.4, -0.2) is 10.2 Å². The van der Waals surface area contributed by atoms with Crippen molar-refractivity contribution < 1.29 is 9.21 Å². The molecule has 3 nitrogen and oxygen atoms in total. The molecule has 0 unspecified atom stereocenters. The fourth-order valence-corrected chi connectivity index (χ4v) is 2.65. The quantitative estimate of drug-likeness (QED) is 0.633. The Morgan fingerprint density at radius 1 is 1.35 bits per heavy atom. The van der Waals surface area contributed by atoms with Crippen molar-refractivity contribution in [1.29, 1.82) is 0 Å². The summed E-state index contributed by atoms with van der Waals surface area (Å²) < 4.78 is 6.08. The van der Waals surface area contributed by atoms with Gasteiger partial charge in [0.2, 0.25) is 0 Å². The number of benzene rings is 1. The van der Waals surface area contributed by atoms with E-state index in [9.17, 15) is 4.79 Å². The Morgan fingerprint density at radius 2 is 2.18 bits per heavy atom. The fourth-order valence-electron chi connectivity index (χ4n) is 1.62. The van der Waals surface area contributed by atoms with Crippen LogP contribution in [-0.2, 0) is 4.79 Å². The van der Waals surface area contributed by atoms with Crippen LogP contribution in [0.2, 0.25) is 0 Å². The number of carbonyl (C=O) groups excluding carboxylic acids is 1. The van der Waals surface area contributed by atoms with Gasteiger partial charge >= 0.3 is 0 Å². The minimum atomic E-state index is -0.166. The number of hydrogen-bond acceptors (Lipinski definition) is 4. The molecule has 1 aromatic heterocycles. The molecular formula is C12H7NO2S2. The van der Waals surface area contributed by atoms with Crippen LogP contribution in [0.5, 0.6) is 0 Å². The Morgan fingerprint density at radius 3 is 2.88 bits per heavy atom. The van der Waals surface area contributed by atoms with Crippen molar-refractivity contribution in [2.24, 2.45) is 0 Å². The summed E-state index contributed by atoms with van der Waals surface area (Å²) in [5.41, 5.74) is 0.810. The zero-order chi connectivity index (χ0) is 11.8. The predicted octanol–water partition coefficient (Wildman–Crippen LogP) is 2.92. The average Bonchev–Trinajstić information content (AvgIpc) is 2.82. The van der Waals surface area contributed by atoms with Gasteiger partial charge in [0.15, 0.2) is 0 Å². The summed E-state index contributed by atoms with van der Waals surface area (Å²) in [6.45, 7) is 0. The van der Waals surface area contributed by atoms with Gasteiger partial charge in [-0.05, 0) is 12.1 Å². The molecule has 3 rings (SSSR count). The average molecular weight is 261 g/mol. The minimum Gasteiger partial charge on any atom is -0.457 e. The minimum absolute atomic E-state index is 0.166. The number of para-hydroxylation sites is 1. The number of carbonyl (C=O) groups is 1. The van der Waals surface area contributed by atoms with E-state index in [2.05, 4.69) is 5.32 Å². The molecule has 1 fully saturated rings. The monoisotopic (exact) mass is 261 g/mol. The van der Waals surface area contributed by atoms with Gasteiger partial charge in [-0.1, -0.05) is 42.2 Å². The van der Waals surface area contributed by atoms with E-state index in [0.29, 0.717) is 15.0 Å². The van der Waals surface area contributed by atoms with Crippen LogP contribution < -0.4 is 5.32 Å². The van der Waals surface area contributed by atoms with E-state index in [1.807, 2.05) is 30.3 Å². The summed E-state index contributed by atoms with van der Waals surface area (Å²) in [5, 5.41) is 3.59. The number of amides is 1. The molecule has 1 N–H and O–H groups in total. The molecule has 1 aliphatic heterocycles. The number of rotatable bonds is 1. The lowest BCUT2D eigenvalue weighted by atomic mass is 10.2. The molecule has 2 heterocycles. The number of hydrogen-bond donors (Lipinski definition) is 1. The van der Waals surface area contributed by atoms with Crippen molar-refractivity contribution in [3.05, 3.63) is 41.0 Å². The Balaban J connectivity index is 2.02. The third-order valence-electron chi connectivity index (χ3n) is 2.36. The lowest BCUT2D eigenvalue weighted by Crippen LogP contribution is -2.17. The summed E-state index contributed by atoms with van der Waals surface area (Å²) >= 11 is 6.16. The molecule has 0 saturated carbocycles. The van der Waals surface area contributed by atoms with E-state index >= 15 is 0 Å². The van der Waals surface area contributed by atoms with Crippen LogP contribution >= 0.6 is 24.0 Å². The summed E-state index contributed by atoms with van der Waals surface area (Å²) in [7, 11) is 0. The summed E-state index contributed by atoms with van der Waals surface area (Å²) in [4.78, 5) is 12.0. The summed E-state index contributed by atoms with van der Waals surface area (Å²) in [5.74, 6) is 0.494. The molecule has 0 bridgehead atoms. The smallest absolute Gasteiger partial charge is 0.263 e. The first kappa shape index (κ1) is 10.6. The SMILES string of the molecule is O=C1NC(=S)S/C1=C/c1cc2ccccc2o1. The van der Waals surface area contributed by atoms with Gasteiger partial charge in [0.1, 0.15) is 15.7 Å². The maximum absolute atomic E-state index is 11.5. The first-order valence-corrected chi connectivity index (χ1v) is 6.18. The van der Waals surface area contributed by atoms with Gasteiger partial charge in [-0.3, -0.25) is 4.79 Å². The number of furan rings is 1. The summed E-state index contributed by atoms with van der Waals surface area (Å²) in [6.07, 6.45) is 1.71. The molecule has 0 atom stereocenters. The highest BCUT2D eigenvalue weighted by atomic mass is 32.2. The van der Waals surface area contributed by atoms with Gasteiger partial charge in [0, 0.05) is 11.5 Å². The fraction of sp³-hybridized carbons (Fsp3) is 0. The van der Waals surface area contributed by atoms with Gasteiger partial charge in [-0.2, -0.15) is 0 Å². The highest BCUT2D eigenvalue weighted by molar-refractivity contribution is 8.26. The van der Waals surface area contributed by atoms with E-state index in [1.165, 1.54) is 11.8 Å². The highest BCUT2D eigenvalue weighted by Crippen LogP contribution is 2.28. The molecular weight excluding hydrogens is 254 g/mol. The first-order valence-electron chi connectivity index (χ1n) is 4.96. The largest absolute Gasteiger partial charge is 0.457 e. The second-order valence-electron chi connectivity index (χ2n) is 3.54. The molecule has 17 heavy (non-hydrogen) atoms. The Hall–Kier alpha value is -1.59. The molecule has 1 saturated heterocycles. The zero-order valence-electron chi connectivity index (χ0n) is 8.60. The van der Waals surface area contributed by atoms with E-state index in [1.54, 1.807) is 6.08 Å². The van der Waals surface area contributed by atoms with Crippen LogP contribution in [0.15, 0.2) is 39.7 Å². The number of thioether (sulfide) groups is 1. The molecule has 1 amide bonds. The lowest BCUT2D eigenvalue weighted by Gasteiger charge is -1.88. The highest BCUT2D eigenvalue weighted by Gasteiger charge is 2.22. The van der Waals surface area contributed by atoms with Gasteiger partial charge in [0.05, 0.1) is 4.91 Å². The van der Waals surface area contributed by atoms with Crippen molar-refractivity contribution in [1.82, 2.24) is 5.32 Å². The topological polar surface area (TPSA) is 42.2 Å². The molecule has 0 spiro atoms. The van der Waals surface area contributed by atoms with Gasteiger partial charge in [0.25, 0.3) is 5.91 Å². The molecule has 2 aromatic rings.